The van der Waals surface area contributed by atoms with Crippen molar-refractivity contribution in [3.8, 4) is 0 Å². The lowest BCUT2D eigenvalue weighted by atomic mass is 9.96. The first kappa shape index (κ1) is 14.7. The number of piperazine rings is 1. The van der Waals surface area contributed by atoms with E-state index in [1.807, 2.05) is 0 Å². The van der Waals surface area contributed by atoms with Crippen LogP contribution in [0.5, 0.6) is 0 Å². The maximum Gasteiger partial charge on any atom is 0.165 e. The fourth-order valence-corrected chi connectivity index (χ4v) is 3.91. The lowest BCUT2D eigenvalue weighted by molar-refractivity contribution is 0.335. The highest BCUT2D eigenvalue weighted by Crippen LogP contribution is 2.35. The number of nitrogens with zero attached hydrogens (tertiary/aromatic N) is 5. The Bertz CT molecular complexity index is 689. The zero-order valence-electron chi connectivity index (χ0n) is 13.7. The van der Waals surface area contributed by atoms with Crippen molar-refractivity contribution in [1.82, 2.24) is 25.1 Å². The van der Waals surface area contributed by atoms with Crippen molar-refractivity contribution < 1.29 is 0 Å². The van der Waals surface area contributed by atoms with Crippen LogP contribution < -0.4 is 16.0 Å². The fraction of sp³-hybridized carbons (Fsp3) is 0.688. The third kappa shape index (κ3) is 2.52. The molecule has 4 rings (SSSR count). The highest BCUT2D eigenvalue weighted by atomic mass is 15.4. The highest BCUT2D eigenvalue weighted by molar-refractivity contribution is 5.96. The summed E-state index contributed by atoms with van der Waals surface area (Å²) in [4.78, 5) is 11.1. The summed E-state index contributed by atoms with van der Waals surface area (Å²) < 4.78 is 2.12. The maximum absolute atomic E-state index is 6.21. The van der Waals surface area contributed by atoms with E-state index in [9.17, 15) is 0 Å². The van der Waals surface area contributed by atoms with Crippen LogP contribution in [0.15, 0.2) is 6.33 Å². The Balaban J connectivity index is 1.83. The van der Waals surface area contributed by atoms with Crippen LogP contribution >= 0.6 is 0 Å². The first-order valence-electron chi connectivity index (χ1n) is 8.71. The van der Waals surface area contributed by atoms with Gasteiger partial charge in [0.15, 0.2) is 11.5 Å². The predicted octanol–water partition coefficient (Wildman–Crippen LogP) is 1.71. The molecule has 23 heavy (non-hydrogen) atoms. The van der Waals surface area contributed by atoms with Gasteiger partial charge in [0, 0.05) is 25.7 Å². The van der Waals surface area contributed by atoms with Gasteiger partial charge in [-0.05, 0) is 19.8 Å². The molecule has 2 aliphatic rings. The van der Waals surface area contributed by atoms with Crippen molar-refractivity contribution in [2.24, 2.45) is 0 Å². The van der Waals surface area contributed by atoms with Crippen LogP contribution in [0.2, 0.25) is 0 Å². The summed E-state index contributed by atoms with van der Waals surface area (Å²) in [6, 6.07) is 0.828. The summed E-state index contributed by atoms with van der Waals surface area (Å²) in [7, 11) is 0. The van der Waals surface area contributed by atoms with Gasteiger partial charge >= 0.3 is 0 Å². The molecule has 1 atom stereocenters. The number of nitrogens with one attached hydrogen (secondary N) is 1. The molecule has 1 unspecified atom stereocenters. The Morgan fingerprint density at radius 2 is 2.04 bits per heavy atom. The van der Waals surface area contributed by atoms with Crippen molar-refractivity contribution in [3.05, 3.63) is 6.33 Å². The average molecular weight is 315 g/mol. The molecule has 1 saturated heterocycles. The number of aromatic nitrogens is 4. The molecule has 0 spiro atoms. The maximum atomic E-state index is 6.21. The van der Waals surface area contributed by atoms with Gasteiger partial charge in [-0.15, -0.1) is 0 Å². The number of anilines is 2. The molecule has 2 fully saturated rings. The van der Waals surface area contributed by atoms with E-state index in [0.717, 1.165) is 36.5 Å². The number of nitrogens with two attached hydrogens (primary N) is 1. The second kappa shape index (κ2) is 5.96. The van der Waals surface area contributed by atoms with E-state index in [4.69, 9.17) is 10.8 Å². The SMILES string of the molecule is CC1CNCCN1c1nn(C2CCCCC2)c2ncnc(N)c12. The van der Waals surface area contributed by atoms with E-state index < -0.39 is 0 Å². The summed E-state index contributed by atoms with van der Waals surface area (Å²) in [5.74, 6) is 1.50. The Hall–Kier alpha value is -1.89. The zero-order chi connectivity index (χ0) is 15.8. The summed E-state index contributed by atoms with van der Waals surface area (Å²) in [6.45, 7) is 5.09. The molecule has 1 saturated carbocycles. The van der Waals surface area contributed by atoms with Crippen LogP contribution in [0.4, 0.5) is 11.6 Å². The predicted molar refractivity (Wildman–Crippen MR) is 91.5 cm³/mol. The monoisotopic (exact) mass is 315 g/mol. The van der Waals surface area contributed by atoms with Gasteiger partial charge in [-0.25, -0.2) is 14.6 Å². The molecule has 124 valence electrons. The molecule has 7 heteroatoms. The van der Waals surface area contributed by atoms with E-state index in [1.165, 1.54) is 32.1 Å². The first-order valence-corrected chi connectivity index (χ1v) is 8.71. The number of fused-ring (bicyclic) bond motifs is 1. The van der Waals surface area contributed by atoms with E-state index in [0.29, 0.717) is 17.9 Å². The Labute approximate surface area is 136 Å². The lowest BCUT2D eigenvalue weighted by Crippen LogP contribution is -2.50. The van der Waals surface area contributed by atoms with Gasteiger partial charge in [0.25, 0.3) is 0 Å². The summed E-state index contributed by atoms with van der Waals surface area (Å²) in [5, 5.41) is 9.33. The van der Waals surface area contributed by atoms with Crippen molar-refractivity contribution in [2.75, 3.05) is 30.3 Å². The third-order valence-corrected chi connectivity index (χ3v) is 5.19. The van der Waals surface area contributed by atoms with E-state index in [1.54, 1.807) is 6.33 Å². The van der Waals surface area contributed by atoms with Gasteiger partial charge in [-0.3, -0.25) is 0 Å². The number of nitrogen functional groups attached to an aromatic ring is 1. The molecule has 0 radical (unpaired) electrons. The van der Waals surface area contributed by atoms with Gasteiger partial charge in [0.1, 0.15) is 17.5 Å². The molecule has 1 aliphatic heterocycles. The second-order valence-electron chi connectivity index (χ2n) is 6.76. The Morgan fingerprint density at radius 3 is 2.83 bits per heavy atom. The molecule has 2 aromatic rings. The van der Waals surface area contributed by atoms with Crippen molar-refractivity contribution >= 4 is 22.7 Å². The number of hydrogen-bond donors (Lipinski definition) is 2. The largest absolute Gasteiger partial charge is 0.383 e. The minimum absolute atomic E-state index is 0.390. The summed E-state index contributed by atoms with van der Waals surface area (Å²) >= 11 is 0. The summed E-state index contributed by atoms with van der Waals surface area (Å²) in [5.41, 5.74) is 7.10. The number of rotatable bonds is 2. The van der Waals surface area contributed by atoms with Gasteiger partial charge < -0.3 is 16.0 Å². The van der Waals surface area contributed by atoms with E-state index in [-0.39, 0.29) is 0 Å². The minimum atomic E-state index is 0.390. The van der Waals surface area contributed by atoms with E-state index >= 15 is 0 Å². The van der Waals surface area contributed by atoms with Crippen LogP contribution in [-0.2, 0) is 0 Å². The minimum Gasteiger partial charge on any atom is -0.383 e. The molecule has 1 aliphatic carbocycles. The standard InChI is InChI=1S/C16H25N7/c1-11-9-18-7-8-22(11)16-13-14(17)19-10-20-15(13)23(21-16)12-5-3-2-4-6-12/h10-12,18H,2-9H2,1H3,(H2,17,19,20). The molecule has 0 amide bonds. The smallest absolute Gasteiger partial charge is 0.165 e. The van der Waals surface area contributed by atoms with Crippen LogP contribution in [-0.4, -0.2) is 45.4 Å². The Kier molecular flexibility index (Phi) is 3.80. The Morgan fingerprint density at radius 1 is 1.22 bits per heavy atom. The first-order chi connectivity index (χ1) is 11.3. The third-order valence-electron chi connectivity index (χ3n) is 5.19. The van der Waals surface area contributed by atoms with Crippen molar-refractivity contribution in [2.45, 2.75) is 51.1 Å². The van der Waals surface area contributed by atoms with Gasteiger partial charge in [0.2, 0.25) is 0 Å². The fourth-order valence-electron chi connectivity index (χ4n) is 3.91. The van der Waals surface area contributed by atoms with Crippen LogP contribution in [0, 0.1) is 0 Å². The van der Waals surface area contributed by atoms with Gasteiger partial charge in [-0.2, -0.15) is 5.10 Å². The lowest BCUT2D eigenvalue weighted by Gasteiger charge is -2.34. The molecule has 0 bridgehead atoms. The molecule has 7 nitrogen and oxygen atoms in total. The second-order valence-corrected chi connectivity index (χ2v) is 6.76. The van der Waals surface area contributed by atoms with E-state index in [2.05, 4.69) is 31.8 Å². The van der Waals surface area contributed by atoms with Crippen LogP contribution in [0.1, 0.15) is 45.1 Å². The topological polar surface area (TPSA) is 84.9 Å². The van der Waals surface area contributed by atoms with Crippen molar-refractivity contribution in [1.29, 1.82) is 0 Å². The molecule has 3 N–H and O–H groups in total. The van der Waals surface area contributed by atoms with Gasteiger partial charge in [0.05, 0.1) is 6.04 Å². The summed E-state index contributed by atoms with van der Waals surface area (Å²) in [6.07, 6.45) is 7.78. The highest BCUT2D eigenvalue weighted by Gasteiger charge is 2.28. The van der Waals surface area contributed by atoms with Crippen molar-refractivity contribution in [3.63, 3.8) is 0 Å². The molecular weight excluding hydrogens is 290 g/mol. The molecule has 3 heterocycles. The molecule has 0 aromatic carbocycles. The quantitative estimate of drug-likeness (QED) is 0.877. The zero-order valence-corrected chi connectivity index (χ0v) is 13.7. The van der Waals surface area contributed by atoms with Crippen LogP contribution in [0.25, 0.3) is 11.0 Å². The number of hydrogen-bond acceptors (Lipinski definition) is 6. The molecular formula is C16H25N7. The van der Waals surface area contributed by atoms with Crippen LogP contribution in [0.3, 0.4) is 0 Å². The van der Waals surface area contributed by atoms with Gasteiger partial charge in [-0.1, -0.05) is 19.3 Å². The normalized spacial score (nSPS) is 23.5. The average Bonchev–Trinajstić information content (AvgIpc) is 2.97. The molecule has 2 aromatic heterocycles.